The summed E-state index contributed by atoms with van der Waals surface area (Å²) in [5.74, 6) is 2.11. The van der Waals surface area contributed by atoms with E-state index in [1.54, 1.807) is 11.8 Å². The van der Waals surface area contributed by atoms with Gasteiger partial charge in [-0.15, -0.1) is 11.8 Å². The molecule has 0 atom stereocenters. The van der Waals surface area contributed by atoms with Gasteiger partial charge in [0, 0.05) is 11.4 Å². The Labute approximate surface area is 136 Å². The molecule has 0 spiro atoms. The number of nitrogens with one attached hydrogen (secondary N) is 1. The zero-order valence-electron chi connectivity index (χ0n) is 13.0. The van der Waals surface area contributed by atoms with Crippen molar-refractivity contribution in [2.45, 2.75) is 13.8 Å². The van der Waals surface area contributed by atoms with E-state index < -0.39 is 0 Å². The lowest BCUT2D eigenvalue weighted by Gasteiger charge is -2.10. The van der Waals surface area contributed by atoms with E-state index >= 15 is 0 Å². The van der Waals surface area contributed by atoms with Crippen LogP contribution in [0.4, 0.5) is 5.69 Å². The number of para-hydroxylation sites is 1. The minimum absolute atomic E-state index is 0.0263. The van der Waals surface area contributed by atoms with Crippen molar-refractivity contribution in [3.63, 3.8) is 0 Å². The molecular formula is C18H21NO2S. The summed E-state index contributed by atoms with van der Waals surface area (Å²) in [4.78, 5) is 11.9. The third-order valence-electron chi connectivity index (χ3n) is 3.35. The zero-order chi connectivity index (χ0) is 15.8. The highest BCUT2D eigenvalue weighted by Crippen LogP contribution is 2.18. The van der Waals surface area contributed by atoms with Gasteiger partial charge in [-0.25, -0.2) is 0 Å². The number of rotatable bonds is 7. The van der Waals surface area contributed by atoms with Crippen molar-refractivity contribution < 1.29 is 9.53 Å². The number of anilines is 1. The Balaban J connectivity index is 1.67. The van der Waals surface area contributed by atoms with Gasteiger partial charge < -0.3 is 10.1 Å². The first-order valence-electron chi connectivity index (χ1n) is 7.28. The minimum Gasteiger partial charge on any atom is -0.493 e. The van der Waals surface area contributed by atoms with Crippen LogP contribution in [0.5, 0.6) is 5.75 Å². The molecule has 3 nitrogen and oxygen atoms in total. The maximum atomic E-state index is 11.9. The van der Waals surface area contributed by atoms with Crippen molar-refractivity contribution in [1.82, 2.24) is 0 Å². The van der Waals surface area contributed by atoms with Crippen molar-refractivity contribution in [1.29, 1.82) is 0 Å². The molecule has 1 N–H and O–H groups in total. The summed E-state index contributed by atoms with van der Waals surface area (Å²) in [6, 6.07) is 15.6. The van der Waals surface area contributed by atoms with Gasteiger partial charge in [0.2, 0.25) is 5.91 Å². The molecule has 0 aliphatic rings. The predicted octanol–water partition coefficient (Wildman–Crippen LogP) is 4.05. The van der Waals surface area contributed by atoms with Crippen LogP contribution in [-0.2, 0) is 4.79 Å². The molecule has 116 valence electrons. The van der Waals surface area contributed by atoms with Gasteiger partial charge in [-0.3, -0.25) is 4.79 Å². The second-order valence-electron chi connectivity index (χ2n) is 5.01. The van der Waals surface area contributed by atoms with Gasteiger partial charge in [0.25, 0.3) is 0 Å². The van der Waals surface area contributed by atoms with Crippen molar-refractivity contribution in [3.8, 4) is 5.75 Å². The Morgan fingerprint density at radius 2 is 1.86 bits per heavy atom. The fraction of sp³-hybridized carbons (Fsp3) is 0.278. The molecular weight excluding hydrogens is 294 g/mol. The fourth-order valence-corrected chi connectivity index (χ4v) is 2.58. The second kappa shape index (κ2) is 8.49. The number of benzene rings is 2. The van der Waals surface area contributed by atoms with E-state index in [-0.39, 0.29) is 5.91 Å². The van der Waals surface area contributed by atoms with Gasteiger partial charge in [0.1, 0.15) is 5.75 Å². The number of hydrogen-bond acceptors (Lipinski definition) is 3. The lowest BCUT2D eigenvalue weighted by molar-refractivity contribution is -0.113. The lowest BCUT2D eigenvalue weighted by atomic mass is 10.1. The number of ether oxygens (including phenoxy) is 1. The summed E-state index contributed by atoms with van der Waals surface area (Å²) in [5, 5.41) is 2.96. The minimum atomic E-state index is 0.0263. The second-order valence-corrected chi connectivity index (χ2v) is 6.11. The number of thioether (sulfide) groups is 1. The number of amides is 1. The Bertz CT molecular complexity index is 614. The van der Waals surface area contributed by atoms with Gasteiger partial charge in [-0.05, 0) is 43.2 Å². The molecule has 2 aromatic rings. The largest absolute Gasteiger partial charge is 0.493 e. The summed E-state index contributed by atoms with van der Waals surface area (Å²) in [6.45, 7) is 4.66. The molecule has 0 saturated heterocycles. The maximum Gasteiger partial charge on any atom is 0.234 e. The van der Waals surface area contributed by atoms with Crippen LogP contribution in [0, 0.1) is 13.8 Å². The van der Waals surface area contributed by atoms with Crippen LogP contribution in [0.3, 0.4) is 0 Å². The maximum absolute atomic E-state index is 11.9. The van der Waals surface area contributed by atoms with Crippen LogP contribution in [0.15, 0.2) is 48.5 Å². The molecule has 0 fully saturated rings. The van der Waals surface area contributed by atoms with Crippen LogP contribution >= 0.6 is 11.8 Å². The molecule has 2 aromatic carbocycles. The molecule has 0 saturated carbocycles. The topological polar surface area (TPSA) is 38.3 Å². The Morgan fingerprint density at radius 1 is 1.09 bits per heavy atom. The summed E-state index contributed by atoms with van der Waals surface area (Å²) < 4.78 is 5.59. The normalized spacial score (nSPS) is 10.3. The Morgan fingerprint density at radius 3 is 2.64 bits per heavy atom. The Kier molecular flexibility index (Phi) is 6.34. The molecule has 1 amide bonds. The first-order valence-corrected chi connectivity index (χ1v) is 8.44. The van der Waals surface area contributed by atoms with Crippen molar-refractivity contribution >= 4 is 23.4 Å². The standard InChI is InChI=1S/C18H21NO2S/c1-14-7-6-10-17(15(14)2)19-18(20)13-22-12-11-21-16-8-4-3-5-9-16/h3-10H,11-13H2,1-2H3,(H,19,20). The third kappa shape index (κ3) is 5.11. The van der Waals surface area contributed by atoms with Crippen LogP contribution in [-0.4, -0.2) is 24.0 Å². The van der Waals surface area contributed by atoms with Crippen molar-refractivity contribution in [3.05, 3.63) is 59.7 Å². The summed E-state index contributed by atoms with van der Waals surface area (Å²) >= 11 is 1.57. The molecule has 0 heterocycles. The monoisotopic (exact) mass is 315 g/mol. The molecule has 2 rings (SSSR count). The highest BCUT2D eigenvalue weighted by molar-refractivity contribution is 7.99. The molecule has 0 unspecified atom stereocenters. The summed E-state index contributed by atoms with van der Waals surface area (Å²) in [5.41, 5.74) is 3.20. The van der Waals surface area contributed by atoms with Crippen LogP contribution in [0.2, 0.25) is 0 Å². The highest BCUT2D eigenvalue weighted by Gasteiger charge is 2.06. The van der Waals surface area contributed by atoms with Gasteiger partial charge in [-0.1, -0.05) is 30.3 Å². The highest BCUT2D eigenvalue weighted by atomic mass is 32.2. The van der Waals surface area contributed by atoms with E-state index in [0.29, 0.717) is 12.4 Å². The van der Waals surface area contributed by atoms with Crippen LogP contribution in [0.25, 0.3) is 0 Å². The smallest absolute Gasteiger partial charge is 0.234 e. The molecule has 0 aliphatic carbocycles. The van der Waals surface area contributed by atoms with Crippen LogP contribution < -0.4 is 10.1 Å². The number of carbonyl (C=O) groups is 1. The third-order valence-corrected chi connectivity index (χ3v) is 4.27. The van der Waals surface area contributed by atoms with Gasteiger partial charge in [0.15, 0.2) is 0 Å². The van der Waals surface area contributed by atoms with E-state index in [1.807, 2.05) is 62.4 Å². The van der Waals surface area contributed by atoms with E-state index in [0.717, 1.165) is 22.8 Å². The average Bonchev–Trinajstić information content (AvgIpc) is 2.52. The van der Waals surface area contributed by atoms with Crippen molar-refractivity contribution in [2.24, 2.45) is 0 Å². The quantitative estimate of drug-likeness (QED) is 0.783. The zero-order valence-corrected chi connectivity index (χ0v) is 13.8. The SMILES string of the molecule is Cc1cccc(NC(=O)CSCCOc2ccccc2)c1C. The fourth-order valence-electron chi connectivity index (χ4n) is 1.97. The lowest BCUT2D eigenvalue weighted by Crippen LogP contribution is -2.16. The van der Waals surface area contributed by atoms with E-state index in [4.69, 9.17) is 4.74 Å². The average molecular weight is 315 g/mol. The first-order chi connectivity index (χ1) is 10.7. The van der Waals surface area contributed by atoms with E-state index in [2.05, 4.69) is 5.32 Å². The van der Waals surface area contributed by atoms with E-state index in [1.165, 1.54) is 5.56 Å². The Hall–Kier alpha value is -1.94. The summed E-state index contributed by atoms with van der Waals surface area (Å²) in [7, 11) is 0. The number of carbonyl (C=O) groups excluding carboxylic acids is 1. The number of hydrogen-bond donors (Lipinski definition) is 1. The van der Waals surface area contributed by atoms with Gasteiger partial charge in [-0.2, -0.15) is 0 Å². The molecule has 0 radical (unpaired) electrons. The van der Waals surface area contributed by atoms with Gasteiger partial charge >= 0.3 is 0 Å². The van der Waals surface area contributed by atoms with E-state index in [9.17, 15) is 4.79 Å². The first kappa shape index (κ1) is 16.4. The number of aryl methyl sites for hydroxylation is 1. The molecule has 0 bridgehead atoms. The van der Waals surface area contributed by atoms with Crippen molar-refractivity contribution in [2.75, 3.05) is 23.4 Å². The van der Waals surface area contributed by atoms with Crippen LogP contribution in [0.1, 0.15) is 11.1 Å². The predicted molar refractivity (Wildman–Crippen MR) is 93.8 cm³/mol. The van der Waals surface area contributed by atoms with Gasteiger partial charge in [0.05, 0.1) is 12.4 Å². The molecule has 4 heteroatoms. The molecule has 0 aliphatic heterocycles. The molecule has 22 heavy (non-hydrogen) atoms. The summed E-state index contributed by atoms with van der Waals surface area (Å²) in [6.07, 6.45) is 0. The molecule has 0 aromatic heterocycles.